The van der Waals surface area contributed by atoms with Crippen LogP contribution in [0.25, 0.3) is 10.9 Å². The lowest BCUT2D eigenvalue weighted by molar-refractivity contribution is -0.118. The molecule has 4 heteroatoms. The highest BCUT2D eigenvalue weighted by molar-refractivity contribution is 6.02. The third-order valence-corrected chi connectivity index (χ3v) is 3.12. The topological polar surface area (TPSA) is 68.0 Å². The summed E-state index contributed by atoms with van der Waals surface area (Å²) in [6.07, 6.45) is 0. The minimum absolute atomic E-state index is 0.106. The number of aryl methyl sites for hydroxylation is 1. The summed E-state index contributed by atoms with van der Waals surface area (Å²) in [5.74, 6) is -0.0556. The number of para-hydroxylation sites is 1. The largest absolute Gasteiger partial charge is 0.324 e. The summed E-state index contributed by atoms with van der Waals surface area (Å²) >= 11 is 0. The van der Waals surface area contributed by atoms with Gasteiger partial charge >= 0.3 is 0 Å². The lowest BCUT2D eigenvalue weighted by atomic mass is 10.0. The van der Waals surface area contributed by atoms with E-state index in [1.165, 1.54) is 0 Å². The lowest BCUT2D eigenvalue weighted by Crippen LogP contribution is -2.39. The predicted molar refractivity (Wildman–Crippen MR) is 77.9 cm³/mol. The highest BCUT2D eigenvalue weighted by atomic mass is 16.2. The maximum atomic E-state index is 12.1. The summed E-state index contributed by atoms with van der Waals surface area (Å²) in [6, 6.07) is 9.09. The molecule has 1 atom stereocenters. The number of fused-ring (bicyclic) bond motifs is 1. The average molecular weight is 257 g/mol. The Hall–Kier alpha value is -1.94. The minimum atomic E-state index is -0.507. The molecule has 0 aliphatic heterocycles. The van der Waals surface area contributed by atoms with Crippen LogP contribution in [0.15, 0.2) is 30.3 Å². The van der Waals surface area contributed by atoms with Gasteiger partial charge in [-0.15, -0.1) is 0 Å². The highest BCUT2D eigenvalue weighted by Gasteiger charge is 2.18. The minimum Gasteiger partial charge on any atom is -0.324 e. The Morgan fingerprint density at radius 2 is 2.00 bits per heavy atom. The van der Waals surface area contributed by atoms with Crippen molar-refractivity contribution in [3.05, 3.63) is 36.0 Å². The fourth-order valence-electron chi connectivity index (χ4n) is 1.93. The van der Waals surface area contributed by atoms with Crippen LogP contribution in [-0.4, -0.2) is 16.9 Å². The number of nitrogens with two attached hydrogens (primary N) is 1. The molecule has 0 spiro atoms. The molecule has 0 bridgehead atoms. The van der Waals surface area contributed by atoms with E-state index in [4.69, 9.17) is 5.73 Å². The van der Waals surface area contributed by atoms with Gasteiger partial charge < -0.3 is 11.1 Å². The third kappa shape index (κ3) is 2.90. The Labute approximate surface area is 113 Å². The van der Waals surface area contributed by atoms with Crippen LogP contribution >= 0.6 is 0 Å². The molecule has 100 valence electrons. The smallest absolute Gasteiger partial charge is 0.241 e. The average Bonchev–Trinajstić information content (AvgIpc) is 2.37. The van der Waals surface area contributed by atoms with E-state index in [-0.39, 0.29) is 11.8 Å². The molecule has 4 nitrogen and oxygen atoms in total. The van der Waals surface area contributed by atoms with Crippen LogP contribution in [-0.2, 0) is 4.79 Å². The van der Waals surface area contributed by atoms with Crippen LogP contribution in [0.3, 0.4) is 0 Å². The molecule has 0 saturated carbocycles. The number of amides is 1. The molecule has 3 N–H and O–H groups in total. The van der Waals surface area contributed by atoms with Crippen LogP contribution in [0.1, 0.15) is 19.5 Å². The lowest BCUT2D eigenvalue weighted by Gasteiger charge is -2.16. The fourth-order valence-corrected chi connectivity index (χ4v) is 1.93. The van der Waals surface area contributed by atoms with Gasteiger partial charge in [0.15, 0.2) is 0 Å². The van der Waals surface area contributed by atoms with Crippen molar-refractivity contribution in [2.24, 2.45) is 11.7 Å². The SMILES string of the molecule is Cc1cc(NC(=O)[C@H](N)C(C)C)c2ccccc2n1. The van der Waals surface area contributed by atoms with E-state index < -0.39 is 6.04 Å². The van der Waals surface area contributed by atoms with Gasteiger partial charge in [-0.2, -0.15) is 0 Å². The quantitative estimate of drug-likeness (QED) is 0.887. The van der Waals surface area contributed by atoms with Crippen molar-refractivity contribution in [3.8, 4) is 0 Å². The van der Waals surface area contributed by atoms with E-state index in [0.717, 1.165) is 22.3 Å². The second-order valence-electron chi connectivity index (χ2n) is 5.09. The molecule has 0 aliphatic carbocycles. The van der Waals surface area contributed by atoms with Crippen LogP contribution in [0, 0.1) is 12.8 Å². The van der Waals surface area contributed by atoms with Gasteiger partial charge in [0.2, 0.25) is 5.91 Å². The molecule has 1 aromatic heterocycles. The first kappa shape index (κ1) is 13.5. The molecular formula is C15H19N3O. The molecule has 0 fully saturated rings. The summed E-state index contributed by atoms with van der Waals surface area (Å²) in [5, 5.41) is 3.83. The van der Waals surface area contributed by atoms with Gasteiger partial charge in [-0.1, -0.05) is 32.0 Å². The zero-order chi connectivity index (χ0) is 14.0. The molecular weight excluding hydrogens is 238 g/mol. The first-order valence-electron chi connectivity index (χ1n) is 6.42. The van der Waals surface area contributed by atoms with Crippen LogP contribution < -0.4 is 11.1 Å². The van der Waals surface area contributed by atoms with Gasteiger partial charge in [0, 0.05) is 11.1 Å². The Bertz CT molecular complexity index is 607. The molecule has 0 saturated heterocycles. The monoisotopic (exact) mass is 257 g/mol. The predicted octanol–water partition coefficient (Wildman–Crippen LogP) is 2.47. The molecule has 19 heavy (non-hydrogen) atoms. The molecule has 1 aromatic carbocycles. The zero-order valence-corrected chi connectivity index (χ0v) is 11.5. The number of pyridine rings is 1. The van der Waals surface area contributed by atoms with E-state index in [1.807, 2.05) is 51.1 Å². The molecule has 2 aromatic rings. The van der Waals surface area contributed by atoms with Gasteiger partial charge in [0.25, 0.3) is 0 Å². The zero-order valence-electron chi connectivity index (χ0n) is 11.5. The van der Waals surface area contributed by atoms with Crippen molar-refractivity contribution >= 4 is 22.5 Å². The van der Waals surface area contributed by atoms with E-state index in [1.54, 1.807) is 0 Å². The molecule has 1 amide bonds. The van der Waals surface area contributed by atoms with Crippen molar-refractivity contribution in [1.82, 2.24) is 4.98 Å². The summed E-state index contributed by atoms with van der Waals surface area (Å²) in [4.78, 5) is 16.5. The van der Waals surface area contributed by atoms with Gasteiger partial charge in [-0.05, 0) is 25.0 Å². The number of carbonyl (C=O) groups is 1. The summed E-state index contributed by atoms with van der Waals surface area (Å²) in [6.45, 7) is 5.77. The van der Waals surface area contributed by atoms with Gasteiger partial charge in [0.1, 0.15) is 0 Å². The Morgan fingerprint density at radius 3 is 2.68 bits per heavy atom. The Kier molecular flexibility index (Phi) is 3.81. The number of anilines is 1. The number of nitrogens with zero attached hydrogens (tertiary/aromatic N) is 1. The second-order valence-corrected chi connectivity index (χ2v) is 5.09. The van der Waals surface area contributed by atoms with E-state index in [0.29, 0.717) is 0 Å². The summed E-state index contributed by atoms with van der Waals surface area (Å²) in [5.41, 5.74) is 8.37. The van der Waals surface area contributed by atoms with Gasteiger partial charge in [-0.3, -0.25) is 9.78 Å². The molecule has 0 unspecified atom stereocenters. The van der Waals surface area contributed by atoms with E-state index in [9.17, 15) is 4.79 Å². The van der Waals surface area contributed by atoms with Crippen molar-refractivity contribution in [2.75, 3.05) is 5.32 Å². The van der Waals surface area contributed by atoms with Crippen molar-refractivity contribution in [3.63, 3.8) is 0 Å². The second kappa shape index (κ2) is 5.36. The van der Waals surface area contributed by atoms with Crippen LogP contribution in [0.4, 0.5) is 5.69 Å². The standard InChI is InChI=1S/C15H19N3O/c1-9(2)14(16)15(19)18-13-8-10(3)17-12-7-5-4-6-11(12)13/h4-9,14H,16H2,1-3H3,(H,17,18,19)/t14-/m1/s1. The first-order valence-corrected chi connectivity index (χ1v) is 6.42. The number of rotatable bonds is 3. The van der Waals surface area contributed by atoms with E-state index >= 15 is 0 Å². The highest BCUT2D eigenvalue weighted by Crippen LogP contribution is 2.23. The van der Waals surface area contributed by atoms with Crippen LogP contribution in [0.2, 0.25) is 0 Å². The summed E-state index contributed by atoms with van der Waals surface area (Å²) < 4.78 is 0. The Morgan fingerprint density at radius 1 is 1.32 bits per heavy atom. The van der Waals surface area contributed by atoms with Crippen molar-refractivity contribution in [2.45, 2.75) is 26.8 Å². The van der Waals surface area contributed by atoms with Gasteiger partial charge in [-0.25, -0.2) is 0 Å². The number of aromatic nitrogens is 1. The number of carbonyl (C=O) groups excluding carboxylic acids is 1. The molecule has 0 radical (unpaired) electrons. The fraction of sp³-hybridized carbons (Fsp3) is 0.333. The van der Waals surface area contributed by atoms with E-state index in [2.05, 4.69) is 10.3 Å². The summed E-state index contributed by atoms with van der Waals surface area (Å²) in [7, 11) is 0. The van der Waals surface area contributed by atoms with Crippen LogP contribution in [0.5, 0.6) is 0 Å². The number of hydrogen-bond acceptors (Lipinski definition) is 3. The number of hydrogen-bond donors (Lipinski definition) is 2. The van der Waals surface area contributed by atoms with Crippen molar-refractivity contribution < 1.29 is 4.79 Å². The Balaban J connectivity index is 2.37. The maximum absolute atomic E-state index is 12.1. The molecule has 2 rings (SSSR count). The molecule has 0 aliphatic rings. The first-order chi connectivity index (χ1) is 8.99. The maximum Gasteiger partial charge on any atom is 0.241 e. The normalized spacial score (nSPS) is 12.7. The van der Waals surface area contributed by atoms with Crippen molar-refractivity contribution in [1.29, 1.82) is 0 Å². The molecule has 1 heterocycles. The number of nitrogens with one attached hydrogen (secondary N) is 1. The van der Waals surface area contributed by atoms with Gasteiger partial charge in [0.05, 0.1) is 17.2 Å². The third-order valence-electron chi connectivity index (χ3n) is 3.12. The number of benzene rings is 1.